The minimum Gasteiger partial charge on any atom is -0.457 e. The predicted octanol–water partition coefficient (Wildman–Crippen LogP) is 2.11. The molecule has 0 spiro atoms. The van der Waals surface area contributed by atoms with Gasteiger partial charge in [0.05, 0.1) is 15.9 Å². The summed E-state index contributed by atoms with van der Waals surface area (Å²) in [5.74, 6) is 0.0278. The Kier molecular flexibility index (Phi) is 3.99. The molecule has 126 valence electrons. The van der Waals surface area contributed by atoms with Crippen LogP contribution in [0.4, 0.5) is 11.4 Å². The molecule has 0 radical (unpaired) electrons. The number of furan rings is 1. The normalized spacial score (nSPS) is 15.1. The van der Waals surface area contributed by atoms with Gasteiger partial charge in [-0.15, -0.1) is 0 Å². The average Bonchev–Trinajstić information content (AvgIpc) is 3.14. The van der Waals surface area contributed by atoms with Crippen LogP contribution in [0.2, 0.25) is 0 Å². The van der Waals surface area contributed by atoms with Crippen molar-refractivity contribution in [2.75, 3.05) is 0 Å². The first-order valence-corrected chi connectivity index (χ1v) is 7.12. The van der Waals surface area contributed by atoms with E-state index in [9.17, 15) is 25.0 Å². The van der Waals surface area contributed by atoms with E-state index in [1.807, 2.05) is 0 Å². The highest BCUT2D eigenvalue weighted by atomic mass is 32.1. The second kappa shape index (κ2) is 6.13. The summed E-state index contributed by atoms with van der Waals surface area (Å²) in [7, 11) is 0. The van der Waals surface area contributed by atoms with Gasteiger partial charge in [-0.1, -0.05) is 0 Å². The van der Waals surface area contributed by atoms with Gasteiger partial charge >= 0.3 is 0 Å². The Labute approximate surface area is 144 Å². The molecule has 1 aliphatic rings. The van der Waals surface area contributed by atoms with Gasteiger partial charge in [0.1, 0.15) is 17.2 Å². The Morgan fingerprint density at radius 3 is 2.20 bits per heavy atom. The van der Waals surface area contributed by atoms with Gasteiger partial charge in [0.15, 0.2) is 5.11 Å². The Hall–Kier alpha value is -3.60. The summed E-state index contributed by atoms with van der Waals surface area (Å²) in [6.45, 7) is 0. The molecule has 3 rings (SSSR count). The minimum atomic E-state index is -0.726. The van der Waals surface area contributed by atoms with E-state index >= 15 is 0 Å². The number of nitro groups is 2. The summed E-state index contributed by atoms with van der Waals surface area (Å²) in [5, 5.41) is 27.1. The van der Waals surface area contributed by atoms with Crippen LogP contribution in [0.5, 0.6) is 0 Å². The molecule has 0 bridgehead atoms. The summed E-state index contributed by atoms with van der Waals surface area (Å²) < 4.78 is 5.50. The van der Waals surface area contributed by atoms with E-state index in [-0.39, 0.29) is 27.9 Å². The number of amides is 1. The number of carbonyl (C=O) groups excluding carboxylic acids is 1. The zero-order chi connectivity index (χ0) is 18.1. The van der Waals surface area contributed by atoms with Crippen LogP contribution in [-0.4, -0.2) is 20.9 Å². The lowest BCUT2D eigenvalue weighted by Gasteiger charge is -1.99. The van der Waals surface area contributed by atoms with Crippen molar-refractivity contribution in [3.8, 4) is 11.3 Å². The van der Waals surface area contributed by atoms with Crippen LogP contribution in [-0.2, 0) is 4.79 Å². The van der Waals surface area contributed by atoms with Crippen molar-refractivity contribution >= 4 is 40.7 Å². The lowest BCUT2D eigenvalue weighted by atomic mass is 10.1. The summed E-state index contributed by atoms with van der Waals surface area (Å²) in [5.41, 5.74) is -0.508. The highest BCUT2D eigenvalue weighted by Crippen LogP contribution is 2.31. The number of non-ortho nitro benzene ring substituents is 2. The number of carbonyl (C=O) groups is 1. The van der Waals surface area contributed by atoms with Crippen LogP contribution >= 0.6 is 12.2 Å². The molecule has 10 nitrogen and oxygen atoms in total. The molecule has 1 saturated heterocycles. The van der Waals surface area contributed by atoms with Gasteiger partial charge in [0.25, 0.3) is 17.3 Å². The number of nitrogens with zero attached hydrogens (tertiary/aromatic N) is 2. The van der Waals surface area contributed by atoms with Crippen LogP contribution in [0, 0.1) is 20.2 Å². The fourth-order valence-electron chi connectivity index (χ4n) is 2.16. The van der Waals surface area contributed by atoms with E-state index < -0.39 is 27.1 Å². The zero-order valence-corrected chi connectivity index (χ0v) is 13.0. The number of nitro benzene ring substituents is 2. The number of rotatable bonds is 4. The van der Waals surface area contributed by atoms with Crippen molar-refractivity contribution in [2.24, 2.45) is 0 Å². The summed E-state index contributed by atoms with van der Waals surface area (Å²) in [6, 6.07) is 6.20. The fourth-order valence-corrected chi connectivity index (χ4v) is 2.36. The second-order valence-corrected chi connectivity index (χ2v) is 5.33. The van der Waals surface area contributed by atoms with Crippen molar-refractivity contribution in [3.05, 3.63) is 62.0 Å². The van der Waals surface area contributed by atoms with Gasteiger partial charge in [-0.05, 0) is 24.4 Å². The Balaban J connectivity index is 1.98. The third-order valence-electron chi connectivity index (χ3n) is 3.24. The quantitative estimate of drug-likeness (QED) is 0.365. The first-order chi connectivity index (χ1) is 11.8. The van der Waals surface area contributed by atoms with Crippen molar-refractivity contribution in [3.63, 3.8) is 0 Å². The second-order valence-electron chi connectivity index (χ2n) is 4.92. The molecule has 2 aromatic rings. The summed E-state index contributed by atoms with van der Waals surface area (Å²) in [6.07, 6.45) is 1.39. The molecule has 1 aromatic heterocycles. The molecule has 0 atom stereocenters. The Bertz CT molecular complexity index is 932. The molecule has 2 heterocycles. The zero-order valence-electron chi connectivity index (χ0n) is 12.2. The number of benzene rings is 1. The van der Waals surface area contributed by atoms with Crippen LogP contribution in [0.15, 0.2) is 40.4 Å². The molecule has 1 amide bonds. The lowest BCUT2D eigenvalue weighted by molar-refractivity contribution is -0.394. The smallest absolute Gasteiger partial charge is 0.277 e. The summed E-state index contributed by atoms with van der Waals surface area (Å²) in [4.78, 5) is 32.0. The van der Waals surface area contributed by atoms with Crippen molar-refractivity contribution in [1.82, 2.24) is 10.6 Å². The molecular formula is C14H8N4O6S. The maximum absolute atomic E-state index is 11.6. The summed E-state index contributed by atoms with van der Waals surface area (Å²) >= 11 is 4.81. The fraction of sp³-hybridized carbons (Fsp3) is 0. The molecule has 0 saturated carbocycles. The van der Waals surface area contributed by atoms with Crippen LogP contribution in [0.3, 0.4) is 0 Å². The molecule has 1 aromatic carbocycles. The highest BCUT2D eigenvalue weighted by Gasteiger charge is 2.21. The third kappa shape index (κ3) is 3.35. The molecule has 1 aliphatic heterocycles. The third-order valence-corrected chi connectivity index (χ3v) is 3.45. The van der Waals surface area contributed by atoms with E-state index in [2.05, 4.69) is 10.6 Å². The van der Waals surface area contributed by atoms with E-state index in [1.54, 1.807) is 0 Å². The molecule has 0 unspecified atom stereocenters. The van der Waals surface area contributed by atoms with Crippen molar-refractivity contribution < 1.29 is 19.1 Å². The standard InChI is InChI=1S/C14H8N4O6S/c19-13-11(15-14(25)16-13)6-10-1-2-12(24-10)7-3-8(17(20)21)5-9(4-7)18(22)23/h1-6H,(H2,15,16,19,25)/b11-6-. The molecule has 0 aliphatic carbocycles. The first kappa shape index (κ1) is 16.3. The first-order valence-electron chi connectivity index (χ1n) is 6.71. The molecule has 2 N–H and O–H groups in total. The van der Waals surface area contributed by atoms with Crippen LogP contribution < -0.4 is 10.6 Å². The van der Waals surface area contributed by atoms with Crippen LogP contribution in [0.25, 0.3) is 17.4 Å². The number of hydrogen-bond acceptors (Lipinski definition) is 7. The SMILES string of the molecule is O=C1NC(=S)N/C1=C\c1ccc(-c2cc([N+](=O)[O-])cc([N+](=O)[O-])c2)o1. The van der Waals surface area contributed by atoms with E-state index in [4.69, 9.17) is 16.6 Å². The average molecular weight is 360 g/mol. The number of nitrogens with one attached hydrogen (secondary N) is 2. The van der Waals surface area contributed by atoms with Gasteiger partial charge < -0.3 is 9.73 Å². The molecule has 25 heavy (non-hydrogen) atoms. The maximum Gasteiger partial charge on any atom is 0.277 e. The van der Waals surface area contributed by atoms with Gasteiger partial charge in [0.2, 0.25) is 0 Å². The van der Waals surface area contributed by atoms with Crippen molar-refractivity contribution in [1.29, 1.82) is 0 Å². The van der Waals surface area contributed by atoms with E-state index in [0.29, 0.717) is 0 Å². The van der Waals surface area contributed by atoms with E-state index in [1.165, 1.54) is 30.3 Å². The topological polar surface area (TPSA) is 141 Å². The van der Waals surface area contributed by atoms with Gasteiger partial charge in [-0.25, -0.2) is 0 Å². The van der Waals surface area contributed by atoms with Crippen molar-refractivity contribution in [2.45, 2.75) is 0 Å². The number of hydrogen-bond donors (Lipinski definition) is 2. The van der Waals surface area contributed by atoms with Gasteiger partial charge in [0, 0.05) is 23.8 Å². The monoisotopic (exact) mass is 360 g/mol. The minimum absolute atomic E-state index is 0.164. The molecule has 1 fully saturated rings. The van der Waals surface area contributed by atoms with Crippen LogP contribution in [0.1, 0.15) is 5.76 Å². The van der Waals surface area contributed by atoms with E-state index in [0.717, 1.165) is 6.07 Å². The number of thiocarbonyl (C=S) groups is 1. The van der Waals surface area contributed by atoms with Gasteiger partial charge in [-0.2, -0.15) is 0 Å². The molecular weight excluding hydrogens is 352 g/mol. The maximum atomic E-state index is 11.6. The Morgan fingerprint density at radius 1 is 1.04 bits per heavy atom. The van der Waals surface area contributed by atoms with Gasteiger partial charge in [-0.3, -0.25) is 30.3 Å². The molecule has 11 heteroatoms. The highest BCUT2D eigenvalue weighted by molar-refractivity contribution is 7.80. The Morgan fingerprint density at radius 2 is 1.68 bits per heavy atom. The largest absolute Gasteiger partial charge is 0.457 e. The lowest BCUT2D eigenvalue weighted by Crippen LogP contribution is -2.21. The predicted molar refractivity (Wildman–Crippen MR) is 89.3 cm³/mol.